The van der Waals surface area contributed by atoms with Crippen molar-refractivity contribution in [3.8, 4) is 11.1 Å². The summed E-state index contributed by atoms with van der Waals surface area (Å²) in [6.45, 7) is 0. The molecule has 0 fully saturated rings. The zero-order valence-electron chi connectivity index (χ0n) is 9.47. The van der Waals surface area contributed by atoms with Crippen molar-refractivity contribution in [3.05, 3.63) is 59.1 Å². The van der Waals surface area contributed by atoms with Gasteiger partial charge in [0.1, 0.15) is 0 Å². The fourth-order valence-electron chi connectivity index (χ4n) is 2.08. The summed E-state index contributed by atoms with van der Waals surface area (Å²) in [4.78, 5) is 15.3. The Morgan fingerprint density at radius 2 is 1.88 bits per heavy atom. The molecule has 0 atom stereocenters. The predicted octanol–water partition coefficient (Wildman–Crippen LogP) is 2.53. The van der Waals surface area contributed by atoms with Crippen molar-refractivity contribution in [2.45, 2.75) is 0 Å². The number of aromatic amines is 1. The van der Waals surface area contributed by atoms with Gasteiger partial charge in [-0.15, -0.1) is 0 Å². The molecule has 17 heavy (non-hydrogen) atoms. The molecule has 0 aliphatic rings. The number of rotatable bonds is 1. The van der Waals surface area contributed by atoms with Gasteiger partial charge < -0.3 is 9.55 Å². The summed E-state index contributed by atoms with van der Waals surface area (Å²) in [5.74, 6) is 0. The molecule has 3 aromatic rings. The van der Waals surface area contributed by atoms with E-state index in [-0.39, 0.29) is 5.56 Å². The highest BCUT2D eigenvalue weighted by Gasteiger charge is 2.09. The minimum atomic E-state index is 0.0302. The number of nitrogens with zero attached hydrogens (tertiary/aromatic N) is 1. The topological polar surface area (TPSA) is 37.8 Å². The van der Waals surface area contributed by atoms with E-state index in [2.05, 4.69) is 4.98 Å². The van der Waals surface area contributed by atoms with Crippen molar-refractivity contribution in [3.63, 3.8) is 0 Å². The molecule has 1 N–H and O–H groups in total. The lowest BCUT2D eigenvalue weighted by molar-refractivity contribution is 0.873. The SMILES string of the molecule is Cn1ccc2[nH]cc(-c3ccccc3)c2c1=O. The first kappa shape index (κ1) is 9.90. The molecular weight excluding hydrogens is 212 g/mol. The number of hydrogen-bond acceptors (Lipinski definition) is 1. The Morgan fingerprint density at radius 1 is 1.12 bits per heavy atom. The third kappa shape index (κ3) is 1.47. The summed E-state index contributed by atoms with van der Waals surface area (Å²) < 4.78 is 1.60. The number of fused-ring (bicyclic) bond motifs is 1. The van der Waals surface area contributed by atoms with Crippen LogP contribution in [0.3, 0.4) is 0 Å². The van der Waals surface area contributed by atoms with Gasteiger partial charge in [-0.05, 0) is 11.6 Å². The first-order chi connectivity index (χ1) is 8.27. The summed E-state index contributed by atoms with van der Waals surface area (Å²) in [7, 11) is 1.77. The fourth-order valence-corrected chi connectivity index (χ4v) is 2.08. The van der Waals surface area contributed by atoms with E-state index < -0.39 is 0 Å². The maximum atomic E-state index is 12.1. The molecule has 0 bridgehead atoms. The van der Waals surface area contributed by atoms with Crippen LogP contribution in [0.4, 0.5) is 0 Å². The standard InChI is InChI=1S/C14H12N2O/c1-16-8-7-12-13(14(16)17)11(9-15-12)10-5-3-2-4-6-10/h2-9,15H,1H3. The number of benzene rings is 1. The van der Waals surface area contributed by atoms with Crippen molar-refractivity contribution in [2.75, 3.05) is 0 Å². The Morgan fingerprint density at radius 3 is 2.65 bits per heavy atom. The lowest BCUT2D eigenvalue weighted by atomic mass is 10.1. The van der Waals surface area contributed by atoms with Gasteiger partial charge >= 0.3 is 0 Å². The Labute approximate surface area is 98.3 Å². The number of nitrogens with one attached hydrogen (secondary N) is 1. The van der Waals surface area contributed by atoms with Crippen LogP contribution in [0.1, 0.15) is 0 Å². The second-order valence-electron chi connectivity index (χ2n) is 4.09. The van der Waals surface area contributed by atoms with E-state index >= 15 is 0 Å². The monoisotopic (exact) mass is 224 g/mol. The number of aryl methyl sites for hydroxylation is 1. The summed E-state index contributed by atoms with van der Waals surface area (Å²) in [5.41, 5.74) is 2.93. The number of pyridine rings is 1. The quantitative estimate of drug-likeness (QED) is 0.677. The Hall–Kier alpha value is -2.29. The van der Waals surface area contributed by atoms with Gasteiger partial charge in [0.25, 0.3) is 5.56 Å². The molecule has 3 rings (SSSR count). The molecule has 0 aliphatic heterocycles. The van der Waals surface area contributed by atoms with Crippen LogP contribution >= 0.6 is 0 Å². The predicted molar refractivity (Wildman–Crippen MR) is 69.0 cm³/mol. The summed E-state index contributed by atoms with van der Waals surface area (Å²) in [6, 6.07) is 11.9. The molecule has 0 saturated carbocycles. The smallest absolute Gasteiger partial charge is 0.260 e. The highest BCUT2D eigenvalue weighted by molar-refractivity contribution is 5.94. The minimum absolute atomic E-state index is 0.0302. The molecule has 1 aromatic carbocycles. The van der Waals surface area contributed by atoms with E-state index in [0.717, 1.165) is 22.0 Å². The van der Waals surface area contributed by atoms with Crippen molar-refractivity contribution in [1.82, 2.24) is 9.55 Å². The summed E-state index contributed by atoms with van der Waals surface area (Å²) >= 11 is 0. The van der Waals surface area contributed by atoms with Crippen LogP contribution < -0.4 is 5.56 Å². The van der Waals surface area contributed by atoms with E-state index in [0.29, 0.717) is 0 Å². The molecule has 0 unspecified atom stereocenters. The lowest BCUT2D eigenvalue weighted by Crippen LogP contribution is -2.15. The number of hydrogen-bond donors (Lipinski definition) is 1. The molecule has 0 aliphatic carbocycles. The van der Waals surface area contributed by atoms with E-state index in [1.807, 2.05) is 42.6 Å². The van der Waals surface area contributed by atoms with Gasteiger partial charge in [-0.3, -0.25) is 4.79 Å². The van der Waals surface area contributed by atoms with Crippen LogP contribution in [0.5, 0.6) is 0 Å². The zero-order valence-corrected chi connectivity index (χ0v) is 9.47. The lowest BCUT2D eigenvalue weighted by Gasteiger charge is -2.00. The van der Waals surface area contributed by atoms with E-state index in [1.54, 1.807) is 17.8 Å². The number of aromatic nitrogens is 2. The normalized spacial score (nSPS) is 10.9. The summed E-state index contributed by atoms with van der Waals surface area (Å²) in [6.07, 6.45) is 3.66. The Balaban J connectivity index is 2.39. The highest BCUT2D eigenvalue weighted by Crippen LogP contribution is 2.25. The molecule has 2 aromatic heterocycles. The van der Waals surface area contributed by atoms with Crippen LogP contribution in [-0.4, -0.2) is 9.55 Å². The molecule has 84 valence electrons. The van der Waals surface area contributed by atoms with Gasteiger partial charge in [0, 0.05) is 25.0 Å². The third-order valence-corrected chi connectivity index (χ3v) is 2.99. The second-order valence-corrected chi connectivity index (χ2v) is 4.09. The fraction of sp³-hybridized carbons (Fsp3) is 0.0714. The van der Waals surface area contributed by atoms with Gasteiger partial charge in [0.2, 0.25) is 0 Å². The first-order valence-electron chi connectivity index (χ1n) is 5.49. The van der Waals surface area contributed by atoms with Crippen molar-refractivity contribution in [2.24, 2.45) is 7.05 Å². The van der Waals surface area contributed by atoms with E-state index in [4.69, 9.17) is 0 Å². The van der Waals surface area contributed by atoms with Crippen LogP contribution in [0, 0.1) is 0 Å². The maximum Gasteiger partial charge on any atom is 0.260 e. The summed E-state index contributed by atoms with van der Waals surface area (Å²) in [5, 5.41) is 0.751. The molecule has 0 amide bonds. The van der Waals surface area contributed by atoms with E-state index in [1.165, 1.54) is 0 Å². The first-order valence-corrected chi connectivity index (χ1v) is 5.49. The largest absolute Gasteiger partial charge is 0.360 e. The molecule has 3 nitrogen and oxygen atoms in total. The van der Waals surface area contributed by atoms with Crippen LogP contribution in [-0.2, 0) is 7.05 Å². The third-order valence-electron chi connectivity index (χ3n) is 2.99. The van der Waals surface area contributed by atoms with Gasteiger partial charge in [-0.25, -0.2) is 0 Å². The highest BCUT2D eigenvalue weighted by atomic mass is 16.1. The van der Waals surface area contributed by atoms with Crippen molar-refractivity contribution < 1.29 is 0 Å². The van der Waals surface area contributed by atoms with Crippen molar-refractivity contribution in [1.29, 1.82) is 0 Å². The zero-order chi connectivity index (χ0) is 11.8. The molecule has 0 radical (unpaired) electrons. The van der Waals surface area contributed by atoms with E-state index in [9.17, 15) is 4.79 Å². The Bertz CT molecular complexity index is 723. The van der Waals surface area contributed by atoms with Crippen molar-refractivity contribution >= 4 is 10.9 Å². The number of H-pyrrole nitrogens is 1. The maximum absolute atomic E-state index is 12.1. The minimum Gasteiger partial charge on any atom is -0.360 e. The van der Waals surface area contributed by atoms with Crippen LogP contribution in [0.2, 0.25) is 0 Å². The van der Waals surface area contributed by atoms with Gasteiger partial charge in [0.15, 0.2) is 0 Å². The molecule has 0 saturated heterocycles. The van der Waals surface area contributed by atoms with Gasteiger partial charge in [-0.2, -0.15) is 0 Å². The van der Waals surface area contributed by atoms with Crippen LogP contribution in [0.25, 0.3) is 22.0 Å². The Kier molecular flexibility index (Phi) is 2.11. The molecule has 3 heteroatoms. The van der Waals surface area contributed by atoms with Gasteiger partial charge in [0.05, 0.1) is 10.9 Å². The average Bonchev–Trinajstić information content (AvgIpc) is 2.79. The van der Waals surface area contributed by atoms with Gasteiger partial charge in [-0.1, -0.05) is 30.3 Å². The molecular formula is C14H12N2O. The second kappa shape index (κ2) is 3.63. The molecule has 0 spiro atoms. The molecule has 2 heterocycles. The average molecular weight is 224 g/mol. The van der Waals surface area contributed by atoms with Crippen LogP contribution in [0.15, 0.2) is 53.6 Å².